The lowest BCUT2D eigenvalue weighted by Gasteiger charge is -2.06. The van der Waals surface area contributed by atoms with Gasteiger partial charge in [-0.25, -0.2) is 0 Å². The van der Waals surface area contributed by atoms with E-state index in [0.717, 1.165) is 6.92 Å². The lowest BCUT2D eigenvalue weighted by molar-refractivity contribution is -0.788. The number of nitrogens with one attached hydrogen (secondary N) is 1. The van der Waals surface area contributed by atoms with Gasteiger partial charge in [0.25, 0.3) is 0 Å². The van der Waals surface area contributed by atoms with Crippen LogP contribution in [-0.2, 0) is 4.79 Å². The predicted molar refractivity (Wildman–Crippen MR) is 91.3 cm³/mol. The average Bonchev–Trinajstić information content (AvgIpc) is 2.89. The average molecular weight is 309 g/mol. The van der Waals surface area contributed by atoms with E-state index in [1.54, 1.807) is 4.90 Å². The molecule has 3 heteroatoms. The largest absolute Gasteiger partial charge is 0.550 e. The molecule has 22 heavy (non-hydrogen) atoms. The smallest absolute Gasteiger partial charge is 0.102 e. The molecule has 1 atom stereocenters. The van der Waals surface area contributed by atoms with E-state index in [-0.39, 0.29) is 0 Å². The van der Waals surface area contributed by atoms with Crippen LogP contribution in [0.5, 0.6) is 0 Å². The Bertz CT molecular complexity index is 330. The van der Waals surface area contributed by atoms with Crippen molar-refractivity contribution in [3.05, 3.63) is 24.0 Å². The number of allylic oxidation sites excluding steroid dienone is 2. The van der Waals surface area contributed by atoms with Gasteiger partial charge >= 0.3 is 0 Å². The van der Waals surface area contributed by atoms with E-state index in [2.05, 4.69) is 32.3 Å². The van der Waals surface area contributed by atoms with Crippen molar-refractivity contribution in [3.8, 4) is 0 Å². The normalized spacial score (nSPS) is 16.1. The monoisotopic (exact) mass is 309 g/mol. The first-order valence-corrected chi connectivity index (χ1v) is 9.02. The fraction of sp³-hybridized carbons (Fsp3) is 0.737. The third kappa shape index (κ3) is 13.9. The summed E-state index contributed by atoms with van der Waals surface area (Å²) in [4.78, 5) is 10.4. The zero-order valence-electron chi connectivity index (χ0n) is 14.8. The molecule has 1 rings (SSSR count). The number of quaternary nitrogens is 1. The second-order valence-corrected chi connectivity index (χ2v) is 6.09. The number of aliphatic carboxylic acids is 1. The first kappa shape index (κ1) is 20.9. The van der Waals surface area contributed by atoms with Gasteiger partial charge in [0.1, 0.15) is 6.20 Å². The van der Waals surface area contributed by atoms with Crippen LogP contribution >= 0.6 is 0 Å². The highest BCUT2D eigenvalue weighted by atomic mass is 16.4. The minimum atomic E-state index is -1.08. The molecular formula is C19H35NO2. The van der Waals surface area contributed by atoms with Crippen molar-refractivity contribution in [2.24, 2.45) is 0 Å². The van der Waals surface area contributed by atoms with E-state index in [0.29, 0.717) is 0 Å². The van der Waals surface area contributed by atoms with Gasteiger partial charge < -0.3 is 9.90 Å². The summed E-state index contributed by atoms with van der Waals surface area (Å²) >= 11 is 0. The lowest BCUT2D eigenvalue weighted by atomic mass is 10.1. The van der Waals surface area contributed by atoms with Crippen molar-refractivity contribution in [2.45, 2.75) is 85.0 Å². The van der Waals surface area contributed by atoms with Crippen LogP contribution in [0.25, 0.3) is 0 Å². The first-order valence-electron chi connectivity index (χ1n) is 9.02. The highest BCUT2D eigenvalue weighted by molar-refractivity contribution is 5.60. The third-order valence-corrected chi connectivity index (χ3v) is 3.74. The Balaban J connectivity index is 0.000000980. The maximum Gasteiger partial charge on any atom is 0.102 e. The highest BCUT2D eigenvalue weighted by Crippen LogP contribution is 2.08. The second kappa shape index (κ2) is 14.8. The highest BCUT2D eigenvalue weighted by Gasteiger charge is 2.09. The number of rotatable bonds is 11. The van der Waals surface area contributed by atoms with Crippen LogP contribution in [0.3, 0.4) is 0 Å². The molecule has 0 aliphatic carbocycles. The fourth-order valence-corrected chi connectivity index (χ4v) is 2.61. The van der Waals surface area contributed by atoms with Crippen molar-refractivity contribution in [1.29, 1.82) is 0 Å². The van der Waals surface area contributed by atoms with E-state index in [4.69, 9.17) is 9.90 Å². The van der Waals surface area contributed by atoms with E-state index < -0.39 is 5.97 Å². The molecule has 0 aromatic rings. The van der Waals surface area contributed by atoms with Crippen LogP contribution in [0.2, 0.25) is 0 Å². The molecule has 128 valence electrons. The van der Waals surface area contributed by atoms with Gasteiger partial charge in [-0.3, -0.25) is 4.90 Å². The maximum absolute atomic E-state index is 8.89. The summed E-state index contributed by atoms with van der Waals surface area (Å²) in [6.45, 7) is 6.80. The third-order valence-electron chi connectivity index (χ3n) is 3.74. The SMILES string of the molecule is CC(=O)[O-].CCCCCCCCCC[NH+]1C=CC(CCC)=C1. The number of hydrogen-bond acceptors (Lipinski definition) is 2. The van der Waals surface area contributed by atoms with Gasteiger partial charge in [-0.15, -0.1) is 0 Å². The standard InChI is InChI=1S/C17H31N.C2H4O2/c1-3-5-6-7-8-9-10-11-14-18-15-13-17(16-18)12-4-2;1-2(3)4/h13,15-16H,3-12,14H2,1-2H3;1H3,(H,3,4). The number of hydrogen-bond donors (Lipinski definition) is 1. The molecule has 0 amide bonds. The topological polar surface area (TPSA) is 44.6 Å². The molecule has 0 radical (unpaired) electrons. The van der Waals surface area contributed by atoms with E-state index >= 15 is 0 Å². The summed E-state index contributed by atoms with van der Waals surface area (Å²) in [5, 5.41) is 8.89. The molecular weight excluding hydrogens is 274 g/mol. The van der Waals surface area contributed by atoms with E-state index in [1.165, 1.54) is 76.3 Å². The number of carbonyl (C=O) groups excluding carboxylic acids is 1. The quantitative estimate of drug-likeness (QED) is 0.596. The van der Waals surface area contributed by atoms with Gasteiger partial charge in [0.2, 0.25) is 0 Å². The predicted octanol–water partition coefficient (Wildman–Crippen LogP) is 2.98. The van der Waals surface area contributed by atoms with E-state index in [1.807, 2.05) is 0 Å². The second-order valence-electron chi connectivity index (χ2n) is 6.09. The molecule has 1 N–H and O–H groups in total. The van der Waals surface area contributed by atoms with Gasteiger partial charge in [-0.2, -0.15) is 0 Å². The van der Waals surface area contributed by atoms with Crippen molar-refractivity contribution in [1.82, 2.24) is 0 Å². The lowest BCUT2D eigenvalue weighted by Crippen LogP contribution is -3.01. The minimum Gasteiger partial charge on any atom is -0.550 e. The first-order chi connectivity index (χ1) is 10.6. The van der Waals surface area contributed by atoms with Crippen molar-refractivity contribution < 1.29 is 14.8 Å². The Labute approximate surface area is 137 Å². The van der Waals surface area contributed by atoms with Crippen LogP contribution in [0.4, 0.5) is 0 Å². The van der Waals surface area contributed by atoms with Gasteiger partial charge in [0.05, 0.1) is 12.7 Å². The number of carboxylic acid groups (broad SMARTS) is 1. The minimum absolute atomic E-state index is 0.972. The Morgan fingerprint density at radius 1 is 1.00 bits per heavy atom. The summed E-state index contributed by atoms with van der Waals surface area (Å²) in [6, 6.07) is 0. The summed E-state index contributed by atoms with van der Waals surface area (Å²) in [6.07, 6.45) is 20.9. The number of carbonyl (C=O) groups is 1. The van der Waals surface area contributed by atoms with Gasteiger partial charge in [-0.05, 0) is 26.2 Å². The maximum atomic E-state index is 8.89. The summed E-state index contributed by atoms with van der Waals surface area (Å²) in [5.74, 6) is -1.08. The Morgan fingerprint density at radius 2 is 1.55 bits per heavy atom. The zero-order chi connectivity index (χ0) is 16.6. The molecule has 1 unspecified atom stereocenters. The van der Waals surface area contributed by atoms with Crippen LogP contribution in [0.15, 0.2) is 24.0 Å². The molecule has 0 fully saturated rings. The van der Waals surface area contributed by atoms with Gasteiger partial charge in [-0.1, -0.05) is 58.8 Å². The molecule has 0 saturated heterocycles. The van der Waals surface area contributed by atoms with Crippen LogP contribution in [0, 0.1) is 0 Å². The van der Waals surface area contributed by atoms with Crippen molar-refractivity contribution in [3.63, 3.8) is 0 Å². The molecule has 0 bridgehead atoms. The summed E-state index contributed by atoms with van der Waals surface area (Å²) in [7, 11) is 0. The molecule has 0 aromatic carbocycles. The van der Waals surface area contributed by atoms with E-state index in [9.17, 15) is 0 Å². The summed E-state index contributed by atoms with van der Waals surface area (Å²) in [5.41, 5.74) is 1.53. The molecule has 3 nitrogen and oxygen atoms in total. The fourth-order valence-electron chi connectivity index (χ4n) is 2.61. The molecule has 0 aromatic heterocycles. The molecule has 1 heterocycles. The number of carboxylic acids is 1. The molecule has 0 spiro atoms. The number of unbranched alkanes of at least 4 members (excludes halogenated alkanes) is 7. The Morgan fingerprint density at radius 3 is 2.09 bits per heavy atom. The van der Waals surface area contributed by atoms with Crippen LogP contribution < -0.4 is 10.0 Å². The molecule has 1 aliphatic heterocycles. The van der Waals surface area contributed by atoms with Crippen LogP contribution in [-0.4, -0.2) is 12.5 Å². The van der Waals surface area contributed by atoms with Gasteiger partial charge in [0, 0.05) is 17.6 Å². The Kier molecular flexibility index (Phi) is 14.1. The van der Waals surface area contributed by atoms with Crippen molar-refractivity contribution >= 4 is 5.97 Å². The Hall–Kier alpha value is -1.09. The zero-order valence-corrected chi connectivity index (χ0v) is 14.8. The molecule has 1 aliphatic rings. The van der Waals surface area contributed by atoms with Gasteiger partial charge in [0.15, 0.2) is 0 Å². The summed E-state index contributed by atoms with van der Waals surface area (Å²) < 4.78 is 0. The van der Waals surface area contributed by atoms with Crippen LogP contribution in [0.1, 0.15) is 85.0 Å². The molecule has 0 saturated carbocycles. The van der Waals surface area contributed by atoms with Crippen molar-refractivity contribution in [2.75, 3.05) is 6.54 Å².